The Hall–Kier alpha value is -0.365. The molecule has 0 aromatic heterocycles. The standard InChI is InChI=1S/C13H18BF5O2/c1-8(2)9(3,4)21-14(20-8)11-5-10(6-11,7-11)12(15,16)13(17,18)19/h5-7H2,1-4H3. The third kappa shape index (κ3) is 1.66. The molecule has 1 heterocycles. The van der Waals surface area contributed by atoms with Gasteiger partial charge in [-0.25, -0.2) is 0 Å². The molecule has 21 heavy (non-hydrogen) atoms. The Morgan fingerprint density at radius 1 is 0.810 bits per heavy atom. The first-order chi connectivity index (χ1) is 9.18. The van der Waals surface area contributed by atoms with Crippen molar-refractivity contribution < 1.29 is 31.3 Å². The normalized spacial score (nSPS) is 40.7. The topological polar surface area (TPSA) is 18.5 Å². The van der Waals surface area contributed by atoms with Crippen molar-refractivity contribution in [3.05, 3.63) is 0 Å². The summed E-state index contributed by atoms with van der Waals surface area (Å²) < 4.78 is 76.2. The fourth-order valence-corrected chi connectivity index (χ4v) is 3.84. The van der Waals surface area contributed by atoms with Crippen LogP contribution in [-0.2, 0) is 9.31 Å². The van der Waals surface area contributed by atoms with Crippen LogP contribution in [0.1, 0.15) is 47.0 Å². The average molecular weight is 312 g/mol. The number of hydrogen-bond acceptors (Lipinski definition) is 2. The van der Waals surface area contributed by atoms with E-state index in [-0.39, 0.29) is 19.3 Å². The molecular formula is C13H18BF5O2. The van der Waals surface area contributed by atoms with Crippen molar-refractivity contribution in [2.24, 2.45) is 5.41 Å². The molecule has 2 bridgehead atoms. The van der Waals surface area contributed by atoms with E-state index in [0.717, 1.165) is 0 Å². The molecule has 2 nitrogen and oxygen atoms in total. The van der Waals surface area contributed by atoms with Crippen molar-refractivity contribution in [1.82, 2.24) is 0 Å². The summed E-state index contributed by atoms with van der Waals surface area (Å²) in [6, 6.07) is 0. The maximum atomic E-state index is 13.6. The van der Waals surface area contributed by atoms with Crippen LogP contribution < -0.4 is 0 Å². The van der Waals surface area contributed by atoms with E-state index in [0.29, 0.717) is 0 Å². The second-order valence-corrected chi connectivity index (χ2v) is 7.83. The number of alkyl halides is 5. The van der Waals surface area contributed by atoms with E-state index in [2.05, 4.69) is 0 Å². The molecule has 8 heteroatoms. The van der Waals surface area contributed by atoms with Crippen molar-refractivity contribution in [3.8, 4) is 0 Å². The lowest BCUT2D eigenvalue weighted by Gasteiger charge is -2.72. The predicted molar refractivity (Wildman–Crippen MR) is 66.1 cm³/mol. The molecule has 0 amide bonds. The lowest BCUT2D eigenvalue weighted by atomic mass is 9.23. The monoisotopic (exact) mass is 312 g/mol. The Bertz CT molecular complexity index is 450. The van der Waals surface area contributed by atoms with Gasteiger partial charge in [-0.15, -0.1) is 0 Å². The van der Waals surface area contributed by atoms with Crippen LogP contribution in [-0.4, -0.2) is 30.4 Å². The maximum absolute atomic E-state index is 13.6. The van der Waals surface area contributed by atoms with E-state index in [1.54, 1.807) is 0 Å². The molecule has 0 spiro atoms. The highest BCUT2D eigenvalue weighted by Gasteiger charge is 2.87. The molecule has 1 saturated heterocycles. The van der Waals surface area contributed by atoms with E-state index in [1.807, 2.05) is 27.7 Å². The highest BCUT2D eigenvalue weighted by atomic mass is 19.4. The van der Waals surface area contributed by atoms with E-state index in [9.17, 15) is 22.0 Å². The van der Waals surface area contributed by atoms with Crippen LogP contribution in [0.4, 0.5) is 22.0 Å². The van der Waals surface area contributed by atoms with Gasteiger partial charge in [-0.05, 0) is 47.0 Å². The largest absolute Gasteiger partial charge is 0.464 e. The number of halogens is 5. The molecule has 1 aliphatic heterocycles. The SMILES string of the molecule is CC1(C)OB(C23CC(C(F)(F)C(F)(F)F)(C2)C3)OC1(C)C. The van der Waals surface area contributed by atoms with Gasteiger partial charge in [0, 0.05) is 10.7 Å². The Morgan fingerprint density at radius 3 is 1.52 bits per heavy atom. The van der Waals surface area contributed by atoms with Gasteiger partial charge in [0.15, 0.2) is 0 Å². The molecule has 0 aromatic carbocycles. The highest BCUT2D eigenvalue weighted by Crippen LogP contribution is 2.85. The minimum atomic E-state index is -5.49. The number of hydrogen-bond donors (Lipinski definition) is 0. The van der Waals surface area contributed by atoms with Crippen molar-refractivity contribution >= 4 is 7.12 Å². The van der Waals surface area contributed by atoms with Gasteiger partial charge in [-0.3, -0.25) is 0 Å². The first kappa shape index (κ1) is 15.5. The summed E-state index contributed by atoms with van der Waals surface area (Å²) in [5.74, 6) is -4.63. The summed E-state index contributed by atoms with van der Waals surface area (Å²) in [7, 11) is -0.701. The summed E-state index contributed by atoms with van der Waals surface area (Å²) in [6.45, 7) is 7.33. The zero-order chi connectivity index (χ0) is 16.1. The molecule has 3 aliphatic carbocycles. The van der Waals surface area contributed by atoms with Crippen molar-refractivity contribution in [2.75, 3.05) is 0 Å². The smallest absolute Gasteiger partial charge is 0.403 e. The van der Waals surface area contributed by atoms with E-state index in [1.165, 1.54) is 0 Å². The molecule has 0 N–H and O–H groups in total. The molecule has 0 unspecified atom stereocenters. The minimum Gasteiger partial charge on any atom is -0.403 e. The Balaban J connectivity index is 1.73. The van der Waals surface area contributed by atoms with Crippen LogP contribution in [0.25, 0.3) is 0 Å². The van der Waals surface area contributed by atoms with Gasteiger partial charge in [0.2, 0.25) is 0 Å². The second kappa shape index (κ2) is 3.58. The van der Waals surface area contributed by atoms with Crippen LogP contribution >= 0.6 is 0 Å². The third-order valence-electron chi connectivity index (χ3n) is 5.85. The lowest BCUT2D eigenvalue weighted by molar-refractivity contribution is -0.378. The Kier molecular flexibility index (Phi) is 2.65. The fraction of sp³-hybridized carbons (Fsp3) is 1.00. The first-order valence-electron chi connectivity index (χ1n) is 6.98. The van der Waals surface area contributed by atoms with Gasteiger partial charge >= 0.3 is 19.2 Å². The zero-order valence-electron chi connectivity index (χ0n) is 12.4. The summed E-state index contributed by atoms with van der Waals surface area (Å²) in [5, 5.41) is -0.681. The Labute approximate surface area is 120 Å². The summed E-state index contributed by atoms with van der Waals surface area (Å²) in [5.41, 5.74) is -3.16. The number of rotatable bonds is 2. The average Bonchev–Trinajstić information content (AvgIpc) is 2.27. The molecule has 3 saturated carbocycles. The minimum absolute atomic E-state index is 0.191. The summed E-state index contributed by atoms with van der Waals surface area (Å²) in [4.78, 5) is 0. The van der Waals surface area contributed by atoms with Gasteiger partial charge in [-0.1, -0.05) is 0 Å². The van der Waals surface area contributed by atoms with Crippen LogP contribution in [0, 0.1) is 5.41 Å². The van der Waals surface area contributed by atoms with Gasteiger partial charge < -0.3 is 9.31 Å². The Morgan fingerprint density at radius 2 is 1.19 bits per heavy atom. The highest BCUT2D eigenvalue weighted by molar-refractivity contribution is 6.51. The molecule has 0 atom stereocenters. The molecule has 4 aliphatic rings. The van der Waals surface area contributed by atoms with Gasteiger partial charge in [0.25, 0.3) is 0 Å². The first-order valence-corrected chi connectivity index (χ1v) is 6.98. The zero-order valence-corrected chi connectivity index (χ0v) is 12.4. The van der Waals surface area contributed by atoms with E-state index < -0.39 is 41.1 Å². The third-order valence-corrected chi connectivity index (χ3v) is 5.85. The van der Waals surface area contributed by atoms with Gasteiger partial charge in [0.1, 0.15) is 0 Å². The molecule has 0 radical (unpaired) electrons. The fourth-order valence-electron chi connectivity index (χ4n) is 3.84. The van der Waals surface area contributed by atoms with Crippen molar-refractivity contribution in [1.29, 1.82) is 0 Å². The van der Waals surface area contributed by atoms with Gasteiger partial charge in [-0.2, -0.15) is 22.0 Å². The molecule has 4 rings (SSSR count). The lowest BCUT2D eigenvalue weighted by Crippen LogP contribution is -2.73. The molecular weight excluding hydrogens is 294 g/mol. The van der Waals surface area contributed by atoms with E-state index in [4.69, 9.17) is 9.31 Å². The maximum Gasteiger partial charge on any atom is 0.464 e. The van der Waals surface area contributed by atoms with Crippen LogP contribution in [0.15, 0.2) is 0 Å². The quantitative estimate of drug-likeness (QED) is 0.562. The van der Waals surface area contributed by atoms with Crippen LogP contribution in [0.2, 0.25) is 5.31 Å². The van der Waals surface area contributed by atoms with Crippen molar-refractivity contribution in [3.63, 3.8) is 0 Å². The predicted octanol–water partition coefficient (Wildman–Crippen LogP) is 4.20. The summed E-state index contributed by atoms with van der Waals surface area (Å²) in [6.07, 6.45) is -6.06. The molecule has 0 aromatic rings. The molecule has 4 fully saturated rings. The van der Waals surface area contributed by atoms with E-state index >= 15 is 0 Å². The molecule has 120 valence electrons. The van der Waals surface area contributed by atoms with Crippen molar-refractivity contribution in [2.45, 2.75) is 75.6 Å². The van der Waals surface area contributed by atoms with Crippen LogP contribution in [0.3, 0.4) is 0 Å². The van der Waals surface area contributed by atoms with Crippen LogP contribution in [0.5, 0.6) is 0 Å². The van der Waals surface area contributed by atoms with Gasteiger partial charge in [0.05, 0.1) is 11.2 Å². The summed E-state index contributed by atoms with van der Waals surface area (Å²) >= 11 is 0. The second-order valence-electron chi connectivity index (χ2n) is 7.83.